The highest BCUT2D eigenvalue weighted by Gasteiger charge is 2.41. The molecule has 2 aliphatic rings. The minimum Gasteiger partial charge on any atom is -0.348 e. The van der Waals surface area contributed by atoms with Crippen molar-refractivity contribution in [2.45, 2.75) is 69.9 Å². The number of hydrogen-bond donors (Lipinski definition) is 1. The Morgan fingerprint density at radius 3 is 2.80 bits per heavy atom. The molecule has 0 aliphatic heterocycles. The van der Waals surface area contributed by atoms with Crippen molar-refractivity contribution in [3.05, 3.63) is 47.5 Å². The number of aryl methyl sites for hydroxylation is 1. The van der Waals surface area contributed by atoms with E-state index < -0.39 is 5.41 Å². The van der Waals surface area contributed by atoms with Gasteiger partial charge in [0.2, 0.25) is 5.91 Å². The van der Waals surface area contributed by atoms with E-state index in [1.807, 2.05) is 0 Å². The van der Waals surface area contributed by atoms with E-state index in [2.05, 4.69) is 51.3 Å². The molecule has 0 bridgehead atoms. The van der Waals surface area contributed by atoms with E-state index >= 15 is 0 Å². The quantitative estimate of drug-likeness (QED) is 0.908. The molecular formula is C20H26N4O. The van der Waals surface area contributed by atoms with Crippen LogP contribution in [0, 0.1) is 6.92 Å². The van der Waals surface area contributed by atoms with Crippen LogP contribution in [0.2, 0.25) is 0 Å². The van der Waals surface area contributed by atoms with Gasteiger partial charge in [-0.15, -0.1) is 10.2 Å². The fraction of sp³-hybridized carbons (Fsp3) is 0.550. The Balaban J connectivity index is 1.54. The van der Waals surface area contributed by atoms with Crippen molar-refractivity contribution >= 4 is 5.91 Å². The molecule has 1 N–H and O–H groups in total. The minimum absolute atomic E-state index is 0.142. The van der Waals surface area contributed by atoms with E-state index in [4.69, 9.17) is 0 Å². The molecule has 2 saturated carbocycles. The number of hydrogen-bond acceptors (Lipinski definition) is 3. The van der Waals surface area contributed by atoms with E-state index in [1.54, 1.807) is 6.33 Å². The van der Waals surface area contributed by atoms with Crippen molar-refractivity contribution < 1.29 is 4.79 Å². The smallest absolute Gasteiger partial charge is 0.231 e. The van der Waals surface area contributed by atoms with Gasteiger partial charge in [-0.1, -0.05) is 49.1 Å². The number of nitrogens with zero attached hydrogens (tertiary/aromatic N) is 3. The molecule has 0 radical (unpaired) electrons. The molecule has 132 valence electrons. The summed E-state index contributed by atoms with van der Waals surface area (Å²) in [5.41, 5.74) is 1.98. The number of amides is 1. The third kappa shape index (κ3) is 3.20. The molecule has 2 aromatic rings. The normalized spacial score (nSPS) is 19.6. The number of aromatic nitrogens is 3. The van der Waals surface area contributed by atoms with Crippen LogP contribution in [0.3, 0.4) is 0 Å². The molecule has 0 unspecified atom stereocenters. The number of nitrogens with one attached hydrogen (secondary N) is 1. The van der Waals surface area contributed by atoms with Gasteiger partial charge in [0.25, 0.3) is 0 Å². The van der Waals surface area contributed by atoms with Crippen LogP contribution < -0.4 is 5.32 Å². The van der Waals surface area contributed by atoms with Gasteiger partial charge in [-0.3, -0.25) is 4.79 Å². The van der Waals surface area contributed by atoms with Crippen LogP contribution in [0.25, 0.3) is 0 Å². The van der Waals surface area contributed by atoms with Crippen molar-refractivity contribution in [1.29, 1.82) is 0 Å². The van der Waals surface area contributed by atoms with Gasteiger partial charge in [-0.05, 0) is 38.2 Å². The summed E-state index contributed by atoms with van der Waals surface area (Å²) in [7, 11) is 0. The molecule has 1 amide bonds. The van der Waals surface area contributed by atoms with Gasteiger partial charge in [0, 0.05) is 6.04 Å². The maximum absolute atomic E-state index is 13.3. The van der Waals surface area contributed by atoms with Crippen molar-refractivity contribution in [1.82, 2.24) is 20.1 Å². The van der Waals surface area contributed by atoms with Crippen LogP contribution >= 0.6 is 0 Å². The van der Waals surface area contributed by atoms with Gasteiger partial charge >= 0.3 is 0 Å². The average Bonchev–Trinajstić information content (AvgIpc) is 3.38. The summed E-state index contributed by atoms with van der Waals surface area (Å²) in [5.74, 6) is 1.01. The number of rotatable bonds is 5. The topological polar surface area (TPSA) is 59.8 Å². The van der Waals surface area contributed by atoms with Crippen LogP contribution in [0.1, 0.15) is 67.9 Å². The third-order valence-corrected chi connectivity index (χ3v) is 5.71. The lowest BCUT2D eigenvalue weighted by molar-refractivity contribution is -0.128. The second-order valence-electron chi connectivity index (χ2n) is 7.58. The SMILES string of the molecule is Cc1cccc(C2(C(=O)NCc3nncn3C3CC3)CCCCC2)c1. The predicted molar refractivity (Wildman–Crippen MR) is 96.1 cm³/mol. The van der Waals surface area contributed by atoms with Crippen LogP contribution in [-0.2, 0) is 16.8 Å². The Morgan fingerprint density at radius 1 is 1.28 bits per heavy atom. The highest BCUT2D eigenvalue weighted by molar-refractivity contribution is 5.88. The fourth-order valence-corrected chi connectivity index (χ4v) is 4.12. The molecule has 1 aromatic carbocycles. The summed E-state index contributed by atoms with van der Waals surface area (Å²) in [6.07, 6.45) is 9.46. The molecule has 0 saturated heterocycles. The Morgan fingerprint density at radius 2 is 2.08 bits per heavy atom. The maximum Gasteiger partial charge on any atom is 0.231 e. The first-order chi connectivity index (χ1) is 12.2. The van der Waals surface area contributed by atoms with Gasteiger partial charge in [0.15, 0.2) is 5.82 Å². The first kappa shape index (κ1) is 16.3. The Kier molecular flexibility index (Phi) is 4.32. The van der Waals surface area contributed by atoms with Crippen molar-refractivity contribution in [3.63, 3.8) is 0 Å². The summed E-state index contributed by atoms with van der Waals surface area (Å²) in [5, 5.41) is 11.4. The van der Waals surface area contributed by atoms with E-state index in [0.29, 0.717) is 12.6 Å². The molecule has 5 heteroatoms. The monoisotopic (exact) mass is 338 g/mol. The van der Waals surface area contributed by atoms with E-state index in [-0.39, 0.29) is 5.91 Å². The zero-order chi connectivity index (χ0) is 17.3. The largest absolute Gasteiger partial charge is 0.348 e. The highest BCUT2D eigenvalue weighted by atomic mass is 16.2. The average molecular weight is 338 g/mol. The van der Waals surface area contributed by atoms with Gasteiger partial charge in [-0.25, -0.2) is 0 Å². The highest BCUT2D eigenvalue weighted by Crippen LogP contribution is 2.40. The zero-order valence-electron chi connectivity index (χ0n) is 14.9. The number of benzene rings is 1. The van der Waals surface area contributed by atoms with E-state index in [1.165, 1.54) is 24.8 Å². The van der Waals surface area contributed by atoms with Gasteiger partial charge in [0.05, 0.1) is 12.0 Å². The van der Waals surface area contributed by atoms with Gasteiger partial charge in [-0.2, -0.15) is 0 Å². The standard InChI is InChI=1S/C20H26N4O/c1-15-6-5-7-16(12-15)20(10-3-2-4-11-20)19(25)21-13-18-23-22-14-24(18)17-8-9-17/h5-7,12,14,17H,2-4,8-11,13H2,1H3,(H,21,25). The molecule has 5 nitrogen and oxygen atoms in total. The first-order valence-corrected chi connectivity index (χ1v) is 9.43. The Hall–Kier alpha value is -2.17. The van der Waals surface area contributed by atoms with Crippen LogP contribution in [-0.4, -0.2) is 20.7 Å². The van der Waals surface area contributed by atoms with Crippen LogP contribution in [0.15, 0.2) is 30.6 Å². The van der Waals surface area contributed by atoms with Gasteiger partial charge < -0.3 is 9.88 Å². The second-order valence-corrected chi connectivity index (χ2v) is 7.58. The summed E-state index contributed by atoms with van der Waals surface area (Å²) in [4.78, 5) is 13.3. The molecule has 2 fully saturated rings. The zero-order valence-corrected chi connectivity index (χ0v) is 14.9. The summed E-state index contributed by atoms with van der Waals surface area (Å²) in [6, 6.07) is 8.98. The van der Waals surface area contributed by atoms with E-state index in [0.717, 1.165) is 37.1 Å². The molecule has 0 spiro atoms. The molecule has 4 rings (SSSR count). The maximum atomic E-state index is 13.3. The third-order valence-electron chi connectivity index (χ3n) is 5.71. The minimum atomic E-state index is -0.394. The first-order valence-electron chi connectivity index (χ1n) is 9.43. The van der Waals surface area contributed by atoms with Gasteiger partial charge in [0.1, 0.15) is 6.33 Å². The Bertz CT molecular complexity index is 757. The molecule has 1 aromatic heterocycles. The number of carbonyl (C=O) groups excluding carboxylic acids is 1. The molecule has 1 heterocycles. The van der Waals surface area contributed by atoms with E-state index in [9.17, 15) is 4.79 Å². The fourth-order valence-electron chi connectivity index (χ4n) is 4.12. The lowest BCUT2D eigenvalue weighted by Crippen LogP contribution is -2.45. The second kappa shape index (κ2) is 6.62. The van der Waals surface area contributed by atoms with Crippen LogP contribution in [0.5, 0.6) is 0 Å². The number of carbonyl (C=O) groups is 1. The molecule has 2 aliphatic carbocycles. The van der Waals surface area contributed by atoms with Crippen molar-refractivity contribution in [3.8, 4) is 0 Å². The van der Waals surface area contributed by atoms with Crippen molar-refractivity contribution in [2.24, 2.45) is 0 Å². The lowest BCUT2D eigenvalue weighted by Gasteiger charge is -2.36. The predicted octanol–water partition coefficient (Wildman–Crippen LogP) is 3.44. The molecular weight excluding hydrogens is 312 g/mol. The Labute approximate surface area is 148 Å². The summed E-state index contributed by atoms with van der Waals surface area (Å²) >= 11 is 0. The molecule has 25 heavy (non-hydrogen) atoms. The summed E-state index contributed by atoms with van der Waals surface area (Å²) < 4.78 is 2.11. The lowest BCUT2D eigenvalue weighted by atomic mass is 9.68. The molecule has 0 atom stereocenters. The summed E-state index contributed by atoms with van der Waals surface area (Å²) in [6.45, 7) is 2.55. The van der Waals surface area contributed by atoms with Crippen molar-refractivity contribution in [2.75, 3.05) is 0 Å². The van der Waals surface area contributed by atoms with Crippen LogP contribution in [0.4, 0.5) is 0 Å².